The Morgan fingerprint density at radius 2 is 2.00 bits per heavy atom. The van der Waals surface area contributed by atoms with Gasteiger partial charge in [-0.05, 0) is 30.9 Å². The zero-order valence-corrected chi connectivity index (χ0v) is 14.1. The second-order valence-corrected chi connectivity index (χ2v) is 6.71. The number of nitrogens with one attached hydrogen (secondary N) is 2. The minimum atomic E-state index is -1.72. The maximum absolute atomic E-state index is 13.6. The molecule has 9 heteroatoms. The molecule has 2 aliphatic rings. The van der Waals surface area contributed by atoms with Crippen LogP contribution in [0.1, 0.15) is 32.6 Å². The van der Waals surface area contributed by atoms with Gasteiger partial charge in [-0.1, -0.05) is 19.8 Å². The molecule has 2 N–H and O–H groups in total. The van der Waals surface area contributed by atoms with Gasteiger partial charge in [-0.15, -0.1) is 0 Å². The Labute approximate surface area is 147 Å². The minimum absolute atomic E-state index is 0.0654. The number of carbonyl (C=O) groups is 3. The predicted molar refractivity (Wildman–Crippen MR) is 85.6 cm³/mol. The Hall–Kier alpha value is -2.58. The average Bonchev–Trinajstić information content (AvgIpc) is 2.83. The maximum Gasteiger partial charge on any atom is 0.325 e. The van der Waals surface area contributed by atoms with Crippen molar-refractivity contribution in [1.82, 2.24) is 10.2 Å². The van der Waals surface area contributed by atoms with Crippen molar-refractivity contribution in [1.29, 1.82) is 0 Å². The van der Waals surface area contributed by atoms with Crippen molar-refractivity contribution in [2.45, 2.75) is 38.1 Å². The normalized spacial score (nSPS) is 25.5. The highest BCUT2D eigenvalue weighted by molar-refractivity contribution is 6.10. The number of amides is 4. The van der Waals surface area contributed by atoms with Crippen LogP contribution in [0.25, 0.3) is 0 Å². The molecular formula is C17H18F3N3O3. The van der Waals surface area contributed by atoms with Gasteiger partial charge in [0.2, 0.25) is 5.91 Å². The fourth-order valence-electron chi connectivity index (χ4n) is 3.59. The lowest BCUT2D eigenvalue weighted by atomic mass is 9.73. The Balaban J connectivity index is 1.73. The fourth-order valence-corrected chi connectivity index (χ4v) is 3.59. The van der Waals surface area contributed by atoms with E-state index in [0.29, 0.717) is 12.5 Å². The summed E-state index contributed by atoms with van der Waals surface area (Å²) in [6.07, 6.45) is 3.03. The van der Waals surface area contributed by atoms with Crippen molar-refractivity contribution in [2.24, 2.45) is 5.92 Å². The molecule has 3 rings (SSSR count). The Morgan fingerprint density at radius 3 is 2.69 bits per heavy atom. The van der Waals surface area contributed by atoms with Gasteiger partial charge < -0.3 is 10.6 Å². The maximum atomic E-state index is 13.6. The van der Waals surface area contributed by atoms with Crippen molar-refractivity contribution in [3.05, 3.63) is 29.6 Å². The van der Waals surface area contributed by atoms with Gasteiger partial charge in [0, 0.05) is 0 Å². The van der Waals surface area contributed by atoms with Crippen LogP contribution >= 0.6 is 0 Å². The third kappa shape index (κ3) is 2.91. The van der Waals surface area contributed by atoms with Gasteiger partial charge in [-0.25, -0.2) is 18.0 Å². The molecule has 1 saturated carbocycles. The third-order valence-electron chi connectivity index (χ3n) is 5.11. The monoisotopic (exact) mass is 369 g/mol. The van der Waals surface area contributed by atoms with Crippen LogP contribution in [-0.4, -0.2) is 34.8 Å². The molecule has 4 amide bonds. The Bertz CT molecular complexity index is 786. The van der Waals surface area contributed by atoms with Gasteiger partial charge in [0.25, 0.3) is 5.91 Å². The summed E-state index contributed by atoms with van der Waals surface area (Å²) in [5, 5.41) is 4.74. The van der Waals surface area contributed by atoms with Gasteiger partial charge >= 0.3 is 6.03 Å². The molecule has 2 unspecified atom stereocenters. The largest absolute Gasteiger partial charge is 0.325 e. The van der Waals surface area contributed by atoms with E-state index in [1.165, 1.54) is 0 Å². The van der Waals surface area contributed by atoms with Crippen molar-refractivity contribution < 1.29 is 27.6 Å². The predicted octanol–water partition coefficient (Wildman–Crippen LogP) is 2.54. The summed E-state index contributed by atoms with van der Waals surface area (Å²) in [6, 6.07) is 0.840. The van der Waals surface area contributed by atoms with Crippen molar-refractivity contribution in [3.63, 3.8) is 0 Å². The molecule has 1 aromatic carbocycles. The molecule has 1 spiro atoms. The molecule has 2 fully saturated rings. The van der Waals surface area contributed by atoms with E-state index in [4.69, 9.17) is 0 Å². The van der Waals surface area contributed by atoms with E-state index in [0.717, 1.165) is 30.2 Å². The molecule has 0 aromatic heterocycles. The van der Waals surface area contributed by atoms with Crippen LogP contribution in [0.15, 0.2) is 12.1 Å². The SMILES string of the molecule is CC1CCCCC12NC(=O)N(CC(=O)Nc1ccc(F)c(F)c1F)C2=O. The molecular weight excluding hydrogens is 351 g/mol. The van der Waals surface area contributed by atoms with Gasteiger partial charge in [0.05, 0.1) is 5.69 Å². The molecule has 140 valence electrons. The number of hydrogen-bond donors (Lipinski definition) is 2. The van der Waals surface area contributed by atoms with E-state index < -0.39 is 53.1 Å². The molecule has 1 aliphatic heterocycles. The van der Waals surface area contributed by atoms with Crippen LogP contribution < -0.4 is 10.6 Å². The average molecular weight is 369 g/mol. The summed E-state index contributed by atoms with van der Waals surface area (Å²) >= 11 is 0. The summed E-state index contributed by atoms with van der Waals surface area (Å²) in [5.74, 6) is -6.09. The quantitative estimate of drug-likeness (QED) is 0.635. The number of rotatable bonds is 3. The highest BCUT2D eigenvalue weighted by Gasteiger charge is 2.55. The van der Waals surface area contributed by atoms with Crippen LogP contribution in [0.5, 0.6) is 0 Å². The number of nitrogens with zero attached hydrogens (tertiary/aromatic N) is 1. The molecule has 0 radical (unpaired) electrons. The lowest BCUT2D eigenvalue weighted by Crippen LogP contribution is -2.54. The molecule has 1 aliphatic carbocycles. The number of benzene rings is 1. The summed E-state index contributed by atoms with van der Waals surface area (Å²) in [7, 11) is 0. The zero-order chi connectivity index (χ0) is 19.1. The lowest BCUT2D eigenvalue weighted by molar-refractivity contribution is -0.136. The van der Waals surface area contributed by atoms with Gasteiger partial charge in [0.1, 0.15) is 12.1 Å². The number of hydrogen-bond acceptors (Lipinski definition) is 3. The topological polar surface area (TPSA) is 78.5 Å². The first-order valence-corrected chi connectivity index (χ1v) is 8.33. The second-order valence-electron chi connectivity index (χ2n) is 6.71. The lowest BCUT2D eigenvalue weighted by Gasteiger charge is -2.36. The van der Waals surface area contributed by atoms with Gasteiger partial charge in [-0.2, -0.15) is 0 Å². The van der Waals surface area contributed by atoms with Crippen molar-refractivity contribution in [3.8, 4) is 0 Å². The number of carbonyl (C=O) groups excluding carboxylic acids is 3. The zero-order valence-electron chi connectivity index (χ0n) is 14.1. The van der Waals surface area contributed by atoms with Crippen LogP contribution in [0.3, 0.4) is 0 Å². The first-order chi connectivity index (χ1) is 12.3. The van der Waals surface area contributed by atoms with Crippen molar-refractivity contribution >= 4 is 23.5 Å². The van der Waals surface area contributed by atoms with Crippen LogP contribution in [0.2, 0.25) is 0 Å². The standard InChI is InChI=1S/C17H18F3N3O3/c1-9-4-2-3-7-17(9)15(25)23(16(26)22-17)8-12(24)21-11-6-5-10(18)13(19)14(11)20/h5-6,9H,2-4,7-8H2,1H3,(H,21,24)(H,22,26). The fraction of sp³-hybridized carbons (Fsp3) is 0.471. The number of urea groups is 1. The number of halogens is 3. The molecule has 1 aromatic rings. The van der Waals surface area contributed by atoms with Crippen molar-refractivity contribution in [2.75, 3.05) is 11.9 Å². The summed E-state index contributed by atoms with van der Waals surface area (Å²) in [6.45, 7) is 1.23. The molecule has 1 heterocycles. The van der Waals surface area contributed by atoms with Crippen LogP contribution in [0, 0.1) is 23.4 Å². The molecule has 26 heavy (non-hydrogen) atoms. The van der Waals surface area contributed by atoms with E-state index >= 15 is 0 Å². The van der Waals surface area contributed by atoms with E-state index in [2.05, 4.69) is 10.6 Å². The minimum Gasteiger partial charge on any atom is -0.323 e. The molecule has 0 bridgehead atoms. The second kappa shape index (κ2) is 6.62. The molecule has 2 atom stereocenters. The Kier molecular flexibility index (Phi) is 4.64. The summed E-state index contributed by atoms with van der Waals surface area (Å²) in [4.78, 5) is 37.8. The highest BCUT2D eigenvalue weighted by Crippen LogP contribution is 2.38. The van der Waals surface area contributed by atoms with Gasteiger partial charge in [-0.3, -0.25) is 14.5 Å². The first-order valence-electron chi connectivity index (χ1n) is 8.33. The third-order valence-corrected chi connectivity index (χ3v) is 5.11. The highest BCUT2D eigenvalue weighted by atomic mass is 19.2. The number of imide groups is 1. The Morgan fingerprint density at radius 1 is 1.27 bits per heavy atom. The smallest absolute Gasteiger partial charge is 0.323 e. The van der Waals surface area contributed by atoms with Gasteiger partial charge in [0.15, 0.2) is 17.5 Å². The first kappa shape index (κ1) is 18.2. The van der Waals surface area contributed by atoms with Crippen LogP contribution in [0.4, 0.5) is 23.7 Å². The van der Waals surface area contributed by atoms with E-state index in [1.54, 1.807) is 0 Å². The van der Waals surface area contributed by atoms with E-state index in [-0.39, 0.29) is 5.92 Å². The number of anilines is 1. The summed E-state index contributed by atoms with van der Waals surface area (Å²) in [5.41, 5.74) is -1.58. The van der Waals surface area contributed by atoms with E-state index in [9.17, 15) is 27.6 Å². The van der Waals surface area contributed by atoms with E-state index in [1.807, 2.05) is 6.92 Å². The summed E-state index contributed by atoms with van der Waals surface area (Å²) < 4.78 is 39.8. The molecule has 6 nitrogen and oxygen atoms in total. The molecule has 1 saturated heterocycles. The van der Waals surface area contributed by atoms with Crippen LogP contribution in [-0.2, 0) is 9.59 Å².